The van der Waals surface area contributed by atoms with Crippen molar-refractivity contribution in [2.45, 2.75) is 63.1 Å². The first-order valence-corrected chi connectivity index (χ1v) is 12.0. The molecule has 1 N–H and O–H groups in total. The van der Waals surface area contributed by atoms with Crippen LogP contribution >= 0.6 is 0 Å². The van der Waals surface area contributed by atoms with Crippen molar-refractivity contribution in [2.75, 3.05) is 19.8 Å². The Bertz CT molecular complexity index is 1290. The summed E-state index contributed by atoms with van der Waals surface area (Å²) < 4.78 is 32.4. The van der Waals surface area contributed by atoms with Crippen molar-refractivity contribution < 1.29 is 23.4 Å². The summed E-state index contributed by atoms with van der Waals surface area (Å²) in [7, 11) is 0. The molecular weight excluding hydrogens is 453 g/mol. The number of nitrogens with one attached hydrogen (secondary N) is 1. The molecule has 2 atom stereocenters. The summed E-state index contributed by atoms with van der Waals surface area (Å²) in [4.78, 5) is 16.0. The molecule has 3 fully saturated rings. The van der Waals surface area contributed by atoms with Gasteiger partial charge in [0, 0.05) is 31.0 Å². The molecule has 3 aliphatic heterocycles. The number of pyridine rings is 1. The number of hydrogen-bond acceptors (Lipinski definition) is 7. The molecule has 184 valence electrons. The Morgan fingerprint density at radius 2 is 2.26 bits per heavy atom. The molecule has 7 rings (SSSR count). The van der Waals surface area contributed by atoms with Gasteiger partial charge in [-0.05, 0) is 49.6 Å². The van der Waals surface area contributed by atoms with Crippen LogP contribution in [0.5, 0.6) is 5.75 Å². The summed E-state index contributed by atoms with van der Waals surface area (Å²) in [6.07, 6.45) is 5.56. The van der Waals surface area contributed by atoms with Gasteiger partial charge in [0.15, 0.2) is 6.67 Å². The summed E-state index contributed by atoms with van der Waals surface area (Å²) in [5, 5.41) is 12.5. The van der Waals surface area contributed by atoms with Crippen LogP contribution in [0.25, 0.3) is 10.9 Å². The smallest absolute Gasteiger partial charge is 0.251 e. The highest BCUT2D eigenvalue weighted by atomic mass is 19.1. The predicted octanol–water partition coefficient (Wildman–Crippen LogP) is 2.77. The average molecular weight is 482 g/mol. The Labute approximate surface area is 201 Å². The molecule has 0 spiro atoms. The van der Waals surface area contributed by atoms with Gasteiger partial charge in [0.05, 0.1) is 36.1 Å². The molecule has 35 heavy (non-hydrogen) atoms. The Morgan fingerprint density at radius 3 is 3.09 bits per heavy atom. The van der Waals surface area contributed by atoms with Crippen LogP contribution in [0.4, 0.5) is 4.39 Å². The lowest BCUT2D eigenvalue weighted by Gasteiger charge is -2.43. The van der Waals surface area contributed by atoms with Crippen LogP contribution in [0.3, 0.4) is 0 Å². The lowest BCUT2D eigenvalue weighted by Crippen LogP contribution is -2.53. The topological polar surface area (TPSA) is 100 Å². The fourth-order valence-electron chi connectivity index (χ4n) is 5.86. The Hall–Kier alpha value is -3.11. The minimum atomic E-state index is -1.04. The number of benzene rings is 1. The third-order valence-electron chi connectivity index (χ3n) is 7.48. The number of hydrogen-bond donors (Lipinski definition) is 1. The molecule has 2 saturated heterocycles. The van der Waals surface area contributed by atoms with Crippen LogP contribution in [0.15, 0.2) is 30.6 Å². The van der Waals surface area contributed by atoms with Crippen molar-refractivity contribution in [1.82, 2.24) is 25.3 Å². The molecule has 2 bridgehead atoms. The maximum Gasteiger partial charge on any atom is 0.251 e. The molecule has 0 radical (unpaired) electrons. The molecule has 1 saturated carbocycles. The summed E-state index contributed by atoms with van der Waals surface area (Å²) in [5.41, 5.74) is 3.37. The number of carbonyl (C=O) groups excluding carboxylic acids is 1. The number of nitrogens with zero attached hydrogens (tertiary/aromatic N) is 4. The van der Waals surface area contributed by atoms with Crippen LogP contribution in [0.2, 0.25) is 0 Å². The Balaban J connectivity index is 1.21. The van der Waals surface area contributed by atoms with Gasteiger partial charge in [0.2, 0.25) is 0 Å². The number of halogens is 1. The van der Waals surface area contributed by atoms with E-state index in [0.717, 1.165) is 41.5 Å². The van der Waals surface area contributed by atoms with E-state index in [1.807, 2.05) is 49.1 Å². The summed E-state index contributed by atoms with van der Waals surface area (Å²) in [6.45, 7) is 4.48. The molecule has 5 heterocycles. The van der Waals surface area contributed by atoms with Gasteiger partial charge < -0.3 is 19.5 Å². The number of ether oxygens (including phenoxy) is 3. The summed E-state index contributed by atoms with van der Waals surface area (Å²) in [5.74, 6) is 0.102. The molecule has 1 aliphatic carbocycles. The van der Waals surface area contributed by atoms with Gasteiger partial charge in [0.1, 0.15) is 23.7 Å². The molecule has 3 aromatic rings. The van der Waals surface area contributed by atoms with Gasteiger partial charge in [-0.1, -0.05) is 5.21 Å². The molecule has 1 aromatic carbocycles. The molecule has 4 aliphatic rings. The van der Waals surface area contributed by atoms with Crippen molar-refractivity contribution >= 4 is 16.8 Å². The van der Waals surface area contributed by atoms with Crippen LogP contribution < -0.4 is 10.1 Å². The van der Waals surface area contributed by atoms with Crippen LogP contribution in [-0.4, -0.2) is 57.4 Å². The first kappa shape index (κ1) is 22.4. The minimum Gasteiger partial charge on any atom is -0.484 e. The van der Waals surface area contributed by atoms with E-state index in [2.05, 4.69) is 20.6 Å². The van der Waals surface area contributed by atoms with Crippen molar-refractivity contribution in [3.63, 3.8) is 0 Å². The quantitative estimate of drug-likeness (QED) is 0.554. The highest BCUT2D eigenvalue weighted by Gasteiger charge is 2.67. The largest absolute Gasteiger partial charge is 0.484 e. The molecular formula is C25H28FN5O4. The Morgan fingerprint density at radius 1 is 1.40 bits per heavy atom. The van der Waals surface area contributed by atoms with Crippen LogP contribution in [0, 0.1) is 0 Å². The summed E-state index contributed by atoms with van der Waals surface area (Å²) >= 11 is 0. The predicted molar refractivity (Wildman–Crippen MR) is 124 cm³/mol. The number of amides is 1. The number of aromatic nitrogens is 4. The number of carbonyl (C=O) groups is 1. The first-order chi connectivity index (χ1) is 16.9. The monoisotopic (exact) mass is 481 g/mol. The number of alkyl halides is 1. The lowest BCUT2D eigenvalue weighted by molar-refractivity contribution is -0.122. The van der Waals surface area contributed by atoms with Gasteiger partial charge in [-0.2, -0.15) is 0 Å². The zero-order valence-electron chi connectivity index (χ0n) is 19.8. The second-order valence-corrected chi connectivity index (χ2v) is 10.0. The average Bonchev–Trinajstić information content (AvgIpc) is 3.53. The van der Waals surface area contributed by atoms with Gasteiger partial charge >= 0.3 is 0 Å². The lowest BCUT2D eigenvalue weighted by atomic mass is 9.67. The maximum absolute atomic E-state index is 12.6. The fraction of sp³-hybridized carbons (Fsp3) is 0.520. The first-order valence-electron chi connectivity index (χ1n) is 12.0. The third kappa shape index (κ3) is 3.75. The standard InChI is InChI=1S/C25H28FN5O4/c1-15(34-17-3-4-20-19(7-17)18-5-6-33-12-16(18)9-27-20)21-11-31(30-29-21)25-13-24(2,14-25)35-22(25)10-28-23(32)8-26/h3-4,7,9,11,15,22H,5-6,8,10,12-14H2,1-2H3,(H,28,32)/t15-,22?,24?,25?/m1/s1. The van der Waals surface area contributed by atoms with Crippen molar-refractivity contribution in [1.29, 1.82) is 0 Å². The highest BCUT2D eigenvalue weighted by Crippen LogP contribution is 2.59. The van der Waals surface area contributed by atoms with E-state index in [0.29, 0.717) is 18.9 Å². The van der Waals surface area contributed by atoms with Crippen molar-refractivity contribution in [3.05, 3.63) is 47.4 Å². The van der Waals surface area contributed by atoms with Gasteiger partial charge in [-0.3, -0.25) is 9.78 Å². The van der Waals surface area contributed by atoms with Gasteiger partial charge in [-0.15, -0.1) is 5.10 Å². The van der Waals surface area contributed by atoms with E-state index < -0.39 is 18.1 Å². The molecule has 2 aromatic heterocycles. The second kappa shape index (κ2) is 8.23. The molecule has 10 heteroatoms. The highest BCUT2D eigenvalue weighted by molar-refractivity contribution is 5.84. The normalized spacial score (nSPS) is 27.8. The van der Waals surface area contributed by atoms with Crippen LogP contribution in [0.1, 0.15) is 49.6 Å². The van der Waals surface area contributed by atoms with Gasteiger partial charge in [0.25, 0.3) is 5.91 Å². The zero-order chi connectivity index (χ0) is 24.2. The summed E-state index contributed by atoms with van der Waals surface area (Å²) in [6, 6.07) is 5.94. The minimum absolute atomic E-state index is 0.236. The van der Waals surface area contributed by atoms with E-state index in [4.69, 9.17) is 14.2 Å². The van der Waals surface area contributed by atoms with E-state index in [1.165, 1.54) is 5.56 Å². The SMILES string of the molecule is C[C@@H](Oc1ccc2ncc3c(c2c1)CCOC3)c1cn(C23CC(C)(C2)OC3CNC(=O)CF)nn1. The number of fused-ring (bicyclic) bond motifs is 4. The molecule has 9 nitrogen and oxygen atoms in total. The van der Waals surface area contributed by atoms with E-state index >= 15 is 0 Å². The van der Waals surface area contributed by atoms with E-state index in [1.54, 1.807) is 0 Å². The van der Waals surface area contributed by atoms with Crippen molar-refractivity contribution in [3.8, 4) is 5.75 Å². The van der Waals surface area contributed by atoms with Crippen molar-refractivity contribution in [2.24, 2.45) is 0 Å². The third-order valence-corrected chi connectivity index (χ3v) is 7.48. The Kier molecular flexibility index (Phi) is 5.26. The molecule has 1 unspecified atom stereocenters. The molecule has 1 amide bonds. The fourth-order valence-corrected chi connectivity index (χ4v) is 5.86. The van der Waals surface area contributed by atoms with Crippen LogP contribution in [-0.2, 0) is 32.8 Å². The maximum atomic E-state index is 12.6. The van der Waals surface area contributed by atoms with E-state index in [-0.39, 0.29) is 24.4 Å². The second-order valence-electron chi connectivity index (χ2n) is 10.0. The zero-order valence-corrected chi connectivity index (χ0v) is 19.8. The number of rotatable bonds is 7. The van der Waals surface area contributed by atoms with E-state index in [9.17, 15) is 9.18 Å². The van der Waals surface area contributed by atoms with Gasteiger partial charge in [-0.25, -0.2) is 9.07 Å².